The third kappa shape index (κ3) is 2.15. The smallest absolute Gasteiger partial charge is 0.174 e. The molecule has 0 unspecified atom stereocenters. The van der Waals surface area contributed by atoms with Crippen LogP contribution >= 0.6 is 12.2 Å². The molecular formula is C13H17N3S. The minimum atomic E-state index is 0.539. The molecule has 0 amide bonds. The summed E-state index contributed by atoms with van der Waals surface area (Å²) < 4.78 is 0. The van der Waals surface area contributed by atoms with E-state index in [1.165, 1.54) is 18.4 Å². The fourth-order valence-corrected chi connectivity index (χ4v) is 2.94. The molecule has 0 radical (unpaired) electrons. The van der Waals surface area contributed by atoms with Crippen molar-refractivity contribution >= 4 is 23.0 Å². The van der Waals surface area contributed by atoms with Crippen molar-refractivity contribution in [3.05, 3.63) is 29.8 Å². The number of anilines is 1. The molecule has 1 saturated heterocycles. The van der Waals surface area contributed by atoms with Gasteiger partial charge in [0.25, 0.3) is 0 Å². The molecule has 2 aliphatic rings. The molecule has 0 spiro atoms. The Morgan fingerprint density at radius 3 is 3.00 bits per heavy atom. The van der Waals surface area contributed by atoms with Crippen molar-refractivity contribution in [1.29, 1.82) is 0 Å². The summed E-state index contributed by atoms with van der Waals surface area (Å²) >= 11 is 5.47. The normalized spacial score (nSPS) is 24.1. The second kappa shape index (κ2) is 4.63. The first-order chi connectivity index (χ1) is 8.34. The van der Waals surface area contributed by atoms with Gasteiger partial charge in [0.05, 0.1) is 0 Å². The lowest BCUT2D eigenvalue weighted by Gasteiger charge is -2.39. The maximum absolute atomic E-state index is 5.47. The highest BCUT2D eigenvalue weighted by molar-refractivity contribution is 7.80. The average molecular weight is 247 g/mol. The molecular weight excluding hydrogens is 230 g/mol. The van der Waals surface area contributed by atoms with Crippen LogP contribution in [0.2, 0.25) is 0 Å². The van der Waals surface area contributed by atoms with Gasteiger partial charge in [-0.25, -0.2) is 0 Å². The molecule has 3 rings (SSSR count). The minimum Gasteiger partial charge on any atom is -0.340 e. The summed E-state index contributed by atoms with van der Waals surface area (Å²) in [6.45, 7) is 3.12. The molecule has 0 bridgehead atoms. The zero-order valence-corrected chi connectivity index (χ0v) is 10.6. The van der Waals surface area contributed by atoms with Crippen molar-refractivity contribution in [2.75, 3.05) is 18.4 Å². The van der Waals surface area contributed by atoms with E-state index in [1.54, 1.807) is 0 Å². The summed E-state index contributed by atoms with van der Waals surface area (Å²) in [5, 5.41) is 7.66. The topological polar surface area (TPSA) is 27.3 Å². The number of benzene rings is 1. The second-order valence-corrected chi connectivity index (χ2v) is 5.10. The number of para-hydroxylation sites is 1. The second-order valence-electron chi connectivity index (χ2n) is 4.72. The predicted octanol–water partition coefficient (Wildman–Crippen LogP) is 1.95. The summed E-state index contributed by atoms with van der Waals surface area (Å²) in [6, 6.07) is 8.95. The lowest BCUT2D eigenvalue weighted by atomic mass is 10.0. The number of piperidine rings is 1. The van der Waals surface area contributed by atoms with Gasteiger partial charge in [0.1, 0.15) is 0 Å². The van der Waals surface area contributed by atoms with Crippen LogP contribution in [0.25, 0.3) is 0 Å². The lowest BCUT2D eigenvalue weighted by Crippen LogP contribution is -2.51. The fourth-order valence-electron chi connectivity index (χ4n) is 2.62. The van der Waals surface area contributed by atoms with E-state index in [9.17, 15) is 0 Å². The summed E-state index contributed by atoms with van der Waals surface area (Å²) in [6.07, 6.45) is 2.47. The number of nitrogens with zero attached hydrogens (tertiary/aromatic N) is 1. The van der Waals surface area contributed by atoms with E-state index in [0.29, 0.717) is 6.04 Å². The largest absolute Gasteiger partial charge is 0.340 e. The Bertz CT molecular complexity index is 426. The summed E-state index contributed by atoms with van der Waals surface area (Å²) in [5.41, 5.74) is 2.50. The Hall–Kier alpha value is -1.13. The lowest BCUT2D eigenvalue weighted by molar-refractivity contribution is 0.251. The minimum absolute atomic E-state index is 0.539. The Morgan fingerprint density at radius 1 is 1.29 bits per heavy atom. The summed E-state index contributed by atoms with van der Waals surface area (Å²) in [7, 11) is 0. The van der Waals surface area contributed by atoms with Crippen LogP contribution < -0.4 is 10.6 Å². The van der Waals surface area contributed by atoms with Gasteiger partial charge >= 0.3 is 0 Å². The molecule has 0 aromatic heterocycles. The molecule has 2 heterocycles. The van der Waals surface area contributed by atoms with Gasteiger partial charge in [0, 0.05) is 24.8 Å². The molecule has 0 aliphatic carbocycles. The number of rotatable bonds is 1. The average Bonchev–Trinajstić information content (AvgIpc) is 2.39. The van der Waals surface area contributed by atoms with Crippen molar-refractivity contribution < 1.29 is 0 Å². The van der Waals surface area contributed by atoms with Crippen molar-refractivity contribution in [1.82, 2.24) is 10.2 Å². The van der Waals surface area contributed by atoms with Crippen LogP contribution in [-0.4, -0.2) is 29.1 Å². The predicted molar refractivity (Wildman–Crippen MR) is 74.1 cm³/mol. The van der Waals surface area contributed by atoms with Crippen molar-refractivity contribution in [2.24, 2.45) is 0 Å². The first kappa shape index (κ1) is 11.0. The van der Waals surface area contributed by atoms with E-state index in [2.05, 4.69) is 33.7 Å². The molecule has 90 valence electrons. The number of fused-ring (bicyclic) bond motifs is 1. The van der Waals surface area contributed by atoms with Gasteiger partial charge in [-0.15, -0.1) is 0 Å². The van der Waals surface area contributed by atoms with Crippen molar-refractivity contribution in [3.8, 4) is 0 Å². The Labute approximate surface area is 107 Å². The maximum atomic E-state index is 5.47. The number of hydrogen-bond acceptors (Lipinski definition) is 2. The van der Waals surface area contributed by atoms with Crippen LogP contribution in [0.1, 0.15) is 18.4 Å². The Balaban J connectivity index is 1.81. The van der Waals surface area contributed by atoms with Crippen molar-refractivity contribution in [3.63, 3.8) is 0 Å². The highest BCUT2D eigenvalue weighted by atomic mass is 32.1. The molecule has 1 atom stereocenters. The van der Waals surface area contributed by atoms with Gasteiger partial charge in [-0.3, -0.25) is 0 Å². The standard InChI is InChI=1S/C13H17N3S/c17-13-15-12-6-2-1-4-10(12)9-16(13)11-5-3-7-14-8-11/h1-2,4,6,11,14H,3,5,7-9H2,(H,15,17)/t11-/m1/s1. The van der Waals surface area contributed by atoms with Crippen molar-refractivity contribution in [2.45, 2.75) is 25.4 Å². The molecule has 3 nitrogen and oxygen atoms in total. The Kier molecular flexibility index (Phi) is 2.99. The molecule has 4 heteroatoms. The monoisotopic (exact) mass is 247 g/mol. The maximum Gasteiger partial charge on any atom is 0.174 e. The first-order valence-corrected chi connectivity index (χ1v) is 6.61. The van der Waals surface area contributed by atoms with E-state index in [4.69, 9.17) is 12.2 Å². The first-order valence-electron chi connectivity index (χ1n) is 6.21. The van der Waals surface area contributed by atoms with Gasteiger partial charge in [-0.05, 0) is 43.2 Å². The molecule has 2 aliphatic heterocycles. The molecule has 1 fully saturated rings. The fraction of sp³-hybridized carbons (Fsp3) is 0.462. The zero-order valence-electron chi connectivity index (χ0n) is 9.78. The molecule has 1 aromatic carbocycles. The van der Waals surface area contributed by atoms with Crippen LogP contribution in [0.5, 0.6) is 0 Å². The zero-order chi connectivity index (χ0) is 11.7. The number of nitrogens with one attached hydrogen (secondary N) is 2. The summed E-state index contributed by atoms with van der Waals surface area (Å²) in [5.74, 6) is 0. The molecule has 1 aromatic rings. The molecule has 17 heavy (non-hydrogen) atoms. The summed E-state index contributed by atoms with van der Waals surface area (Å²) in [4.78, 5) is 2.32. The van der Waals surface area contributed by atoms with E-state index < -0.39 is 0 Å². The highest BCUT2D eigenvalue weighted by Crippen LogP contribution is 2.25. The van der Waals surface area contributed by atoms with Crippen LogP contribution in [0, 0.1) is 0 Å². The van der Waals surface area contributed by atoms with Gasteiger partial charge in [-0.2, -0.15) is 0 Å². The van der Waals surface area contributed by atoms with Crippen LogP contribution in [0.15, 0.2) is 24.3 Å². The van der Waals surface area contributed by atoms with Crippen LogP contribution in [0.3, 0.4) is 0 Å². The Morgan fingerprint density at radius 2 is 2.18 bits per heavy atom. The quantitative estimate of drug-likeness (QED) is 0.742. The van der Waals surface area contributed by atoms with Crippen LogP contribution in [0.4, 0.5) is 5.69 Å². The van der Waals surface area contributed by atoms with E-state index in [-0.39, 0.29) is 0 Å². The van der Waals surface area contributed by atoms with Gasteiger partial charge in [0.2, 0.25) is 0 Å². The van der Waals surface area contributed by atoms with Gasteiger partial charge < -0.3 is 15.5 Å². The van der Waals surface area contributed by atoms with E-state index >= 15 is 0 Å². The third-order valence-corrected chi connectivity index (χ3v) is 3.91. The van der Waals surface area contributed by atoms with Gasteiger partial charge in [0.15, 0.2) is 5.11 Å². The SMILES string of the molecule is S=C1Nc2ccccc2CN1[C@@H]1CCCNC1. The number of thiocarbonyl (C=S) groups is 1. The molecule has 2 N–H and O–H groups in total. The van der Waals surface area contributed by atoms with E-state index in [0.717, 1.165) is 30.4 Å². The van der Waals surface area contributed by atoms with Crippen LogP contribution in [-0.2, 0) is 6.54 Å². The van der Waals surface area contributed by atoms with Gasteiger partial charge in [-0.1, -0.05) is 18.2 Å². The van der Waals surface area contributed by atoms with E-state index in [1.807, 2.05) is 6.07 Å². The number of hydrogen-bond donors (Lipinski definition) is 2. The third-order valence-electron chi connectivity index (χ3n) is 3.57. The highest BCUT2D eigenvalue weighted by Gasteiger charge is 2.27. The molecule has 0 saturated carbocycles.